The number of ether oxygens (including phenoxy) is 1. The lowest BCUT2D eigenvalue weighted by molar-refractivity contribution is 0.0255. The fourth-order valence-electron chi connectivity index (χ4n) is 2.77. The smallest absolute Gasteiger partial charge is 0.410 e. The van der Waals surface area contributed by atoms with Crippen molar-refractivity contribution < 1.29 is 13.9 Å². The molecule has 2 aliphatic rings. The van der Waals surface area contributed by atoms with E-state index in [0.717, 1.165) is 6.42 Å². The summed E-state index contributed by atoms with van der Waals surface area (Å²) in [5.41, 5.74) is 3.21. The number of likely N-dealkylation sites (tertiary alicyclic amines) is 1. The molecule has 0 radical (unpaired) electrons. The van der Waals surface area contributed by atoms with Gasteiger partial charge in [0.15, 0.2) is 0 Å². The highest BCUT2D eigenvalue weighted by atomic mass is 35.5. The van der Waals surface area contributed by atoms with Gasteiger partial charge in [-0.3, -0.25) is 0 Å². The zero-order chi connectivity index (χ0) is 12.9. The molecule has 0 aromatic carbocycles. The summed E-state index contributed by atoms with van der Waals surface area (Å²) in [4.78, 5) is 13.3. The van der Waals surface area contributed by atoms with Crippen LogP contribution in [0, 0.1) is 0 Å². The molecule has 2 rings (SSSR count). The van der Waals surface area contributed by atoms with Crippen LogP contribution in [-0.4, -0.2) is 40.9 Å². The molecule has 0 aromatic rings. The number of hydrogen-bond donors (Lipinski definition) is 1. The Kier molecular flexibility index (Phi) is 3.90. The molecule has 106 valence electrons. The number of amides is 1. The van der Waals surface area contributed by atoms with Crippen molar-refractivity contribution in [3.8, 4) is 0 Å². The van der Waals surface area contributed by atoms with E-state index in [1.165, 1.54) is 4.90 Å². The molecule has 4 nitrogen and oxygen atoms in total. The van der Waals surface area contributed by atoms with Crippen LogP contribution in [0.3, 0.4) is 0 Å². The van der Waals surface area contributed by atoms with Crippen molar-refractivity contribution in [2.24, 2.45) is 5.73 Å². The van der Waals surface area contributed by atoms with Crippen LogP contribution in [0.25, 0.3) is 0 Å². The summed E-state index contributed by atoms with van der Waals surface area (Å²) < 4.78 is 19.8. The van der Waals surface area contributed by atoms with E-state index in [2.05, 4.69) is 0 Å². The summed E-state index contributed by atoms with van der Waals surface area (Å²) in [6.07, 6.45) is 1.43. The third-order valence-electron chi connectivity index (χ3n) is 3.65. The molecule has 1 saturated heterocycles. The predicted octanol–water partition coefficient (Wildman–Crippen LogP) is 2.25. The molecule has 1 aliphatic heterocycles. The van der Waals surface area contributed by atoms with Crippen LogP contribution in [0.2, 0.25) is 0 Å². The molecule has 2 atom stereocenters. The van der Waals surface area contributed by atoms with Crippen molar-refractivity contribution in [1.29, 1.82) is 0 Å². The largest absolute Gasteiger partial charge is 0.444 e. The van der Waals surface area contributed by atoms with Gasteiger partial charge in [0.05, 0.1) is 12.1 Å². The van der Waals surface area contributed by atoms with Gasteiger partial charge >= 0.3 is 6.09 Å². The van der Waals surface area contributed by atoms with E-state index in [1.807, 2.05) is 0 Å². The molecular formula is C12H22ClFN2O2. The minimum Gasteiger partial charge on any atom is -0.444 e. The zero-order valence-corrected chi connectivity index (χ0v) is 12.0. The van der Waals surface area contributed by atoms with Gasteiger partial charge in [-0.1, -0.05) is 0 Å². The Morgan fingerprint density at radius 1 is 1.33 bits per heavy atom. The Morgan fingerprint density at radius 3 is 2.44 bits per heavy atom. The highest BCUT2D eigenvalue weighted by molar-refractivity contribution is 5.85. The first-order chi connectivity index (χ1) is 7.65. The molecule has 1 heterocycles. The van der Waals surface area contributed by atoms with Crippen molar-refractivity contribution in [3.63, 3.8) is 0 Å². The minimum atomic E-state index is -1.43. The summed E-state index contributed by atoms with van der Waals surface area (Å²) in [5.74, 6) is 0. The summed E-state index contributed by atoms with van der Waals surface area (Å²) in [5, 5.41) is 0. The quantitative estimate of drug-likeness (QED) is 0.740. The van der Waals surface area contributed by atoms with Crippen molar-refractivity contribution >= 4 is 18.5 Å². The minimum absolute atomic E-state index is 0. The van der Waals surface area contributed by atoms with E-state index in [4.69, 9.17) is 10.5 Å². The van der Waals surface area contributed by atoms with Crippen LogP contribution in [0.5, 0.6) is 0 Å². The monoisotopic (exact) mass is 280 g/mol. The van der Waals surface area contributed by atoms with Crippen molar-refractivity contribution in [3.05, 3.63) is 0 Å². The number of nitrogens with two attached hydrogens (primary N) is 1. The Labute approximate surface area is 113 Å². The molecule has 2 N–H and O–H groups in total. The molecule has 0 unspecified atom stereocenters. The molecule has 0 aromatic heterocycles. The first kappa shape index (κ1) is 15.5. The van der Waals surface area contributed by atoms with E-state index in [0.29, 0.717) is 12.8 Å². The van der Waals surface area contributed by atoms with Crippen molar-refractivity contribution in [2.75, 3.05) is 13.1 Å². The van der Waals surface area contributed by atoms with Gasteiger partial charge in [-0.25, -0.2) is 9.18 Å². The maximum atomic E-state index is 14.6. The van der Waals surface area contributed by atoms with Gasteiger partial charge in [0.2, 0.25) is 0 Å². The summed E-state index contributed by atoms with van der Waals surface area (Å²) in [7, 11) is 0. The fourth-order valence-corrected chi connectivity index (χ4v) is 2.77. The topological polar surface area (TPSA) is 55.6 Å². The Balaban J connectivity index is 0.00000162. The second-order valence-electron chi connectivity index (χ2n) is 6.31. The van der Waals surface area contributed by atoms with Crippen molar-refractivity contribution in [2.45, 2.75) is 56.8 Å². The summed E-state index contributed by atoms with van der Waals surface area (Å²) in [6.45, 7) is 5.72. The van der Waals surface area contributed by atoms with E-state index in [1.54, 1.807) is 20.8 Å². The van der Waals surface area contributed by atoms with Crippen LogP contribution in [0.4, 0.5) is 9.18 Å². The zero-order valence-electron chi connectivity index (χ0n) is 11.2. The maximum absolute atomic E-state index is 14.6. The van der Waals surface area contributed by atoms with Gasteiger partial charge in [-0.2, -0.15) is 0 Å². The predicted molar refractivity (Wildman–Crippen MR) is 69.7 cm³/mol. The van der Waals surface area contributed by atoms with Gasteiger partial charge in [-0.15, -0.1) is 12.4 Å². The number of rotatable bonds is 0. The molecule has 1 amide bonds. The van der Waals surface area contributed by atoms with Crippen LogP contribution < -0.4 is 5.73 Å². The van der Waals surface area contributed by atoms with Gasteiger partial charge in [0.25, 0.3) is 0 Å². The van der Waals surface area contributed by atoms with Crippen LogP contribution in [0.1, 0.15) is 40.0 Å². The molecular weight excluding hydrogens is 259 g/mol. The lowest BCUT2D eigenvalue weighted by atomic mass is 9.89. The lowest BCUT2D eigenvalue weighted by Crippen LogP contribution is -2.53. The van der Waals surface area contributed by atoms with E-state index < -0.39 is 22.9 Å². The number of carbonyl (C=O) groups is 1. The lowest BCUT2D eigenvalue weighted by Gasteiger charge is -2.27. The molecule has 2 fully saturated rings. The number of carbonyl (C=O) groups excluding carboxylic acids is 1. The van der Waals surface area contributed by atoms with E-state index in [9.17, 15) is 9.18 Å². The second kappa shape index (κ2) is 4.53. The van der Waals surface area contributed by atoms with Crippen LogP contribution in [-0.2, 0) is 4.74 Å². The normalized spacial score (nSPS) is 35.1. The van der Waals surface area contributed by atoms with Gasteiger partial charge in [-0.05, 0) is 40.0 Å². The molecule has 6 heteroatoms. The van der Waals surface area contributed by atoms with Gasteiger partial charge in [0, 0.05) is 6.54 Å². The first-order valence-electron chi connectivity index (χ1n) is 6.11. The highest BCUT2D eigenvalue weighted by Gasteiger charge is 2.60. The average Bonchev–Trinajstić information content (AvgIpc) is 2.50. The number of nitrogens with zero attached hydrogens (tertiary/aromatic N) is 1. The Bertz CT molecular complexity index is 329. The number of hydrogen-bond acceptors (Lipinski definition) is 3. The molecule has 0 spiro atoms. The van der Waals surface area contributed by atoms with E-state index in [-0.39, 0.29) is 25.5 Å². The van der Waals surface area contributed by atoms with Crippen molar-refractivity contribution in [1.82, 2.24) is 4.90 Å². The molecule has 0 bridgehead atoms. The molecule has 1 saturated carbocycles. The van der Waals surface area contributed by atoms with Crippen LogP contribution in [0.15, 0.2) is 0 Å². The Hall–Kier alpha value is -0.550. The van der Waals surface area contributed by atoms with Gasteiger partial charge in [0.1, 0.15) is 11.3 Å². The van der Waals surface area contributed by atoms with Crippen LogP contribution >= 0.6 is 12.4 Å². The second-order valence-corrected chi connectivity index (χ2v) is 6.31. The standard InChI is InChI=1S/C12H21FN2O2.ClH/c1-10(2,3)17-9(16)15-7-11(13)5-4-6-12(11,14)8-15;/h4-8,14H2,1-3H3;1H/t11-,12+;/m1./s1. The first-order valence-corrected chi connectivity index (χ1v) is 6.11. The molecule has 1 aliphatic carbocycles. The van der Waals surface area contributed by atoms with E-state index >= 15 is 0 Å². The Morgan fingerprint density at radius 2 is 1.94 bits per heavy atom. The average molecular weight is 281 g/mol. The SMILES string of the molecule is CC(C)(C)OC(=O)N1C[C@@]2(N)CCC[C@@]2(F)C1.Cl. The highest BCUT2D eigenvalue weighted by Crippen LogP contribution is 2.46. The van der Waals surface area contributed by atoms with Gasteiger partial charge < -0.3 is 15.4 Å². The number of halogens is 2. The molecule has 18 heavy (non-hydrogen) atoms. The third-order valence-corrected chi connectivity index (χ3v) is 3.65. The maximum Gasteiger partial charge on any atom is 0.410 e. The third kappa shape index (κ3) is 2.57. The fraction of sp³-hybridized carbons (Fsp3) is 0.917. The number of alkyl halides is 1. The summed E-state index contributed by atoms with van der Waals surface area (Å²) >= 11 is 0. The number of fused-ring (bicyclic) bond motifs is 1. The summed E-state index contributed by atoms with van der Waals surface area (Å²) in [6, 6.07) is 0.